The molecule has 0 saturated heterocycles. The van der Waals surface area contributed by atoms with Gasteiger partial charge in [-0.15, -0.1) is 5.10 Å². The van der Waals surface area contributed by atoms with Crippen molar-refractivity contribution in [3.63, 3.8) is 0 Å². The van der Waals surface area contributed by atoms with Crippen molar-refractivity contribution in [2.75, 3.05) is 5.32 Å². The van der Waals surface area contributed by atoms with Crippen molar-refractivity contribution in [2.45, 2.75) is 25.1 Å². The zero-order valence-electron chi connectivity index (χ0n) is 20.4. The number of tetrazole rings is 1. The van der Waals surface area contributed by atoms with E-state index in [2.05, 4.69) is 30.8 Å². The van der Waals surface area contributed by atoms with Gasteiger partial charge in [-0.05, 0) is 70.8 Å². The minimum atomic E-state index is -4.57. The highest BCUT2D eigenvalue weighted by molar-refractivity contribution is 5.83. The Morgan fingerprint density at radius 3 is 2.58 bits per heavy atom. The Kier molecular flexibility index (Phi) is 5.93. The van der Waals surface area contributed by atoms with Crippen molar-refractivity contribution in [1.82, 2.24) is 34.7 Å². The fourth-order valence-corrected chi connectivity index (χ4v) is 4.93. The number of carboxylic acid groups (broad SMARTS) is 1. The summed E-state index contributed by atoms with van der Waals surface area (Å²) in [6.45, 7) is 0. The maximum absolute atomic E-state index is 13.5. The first-order valence-corrected chi connectivity index (χ1v) is 12.0. The topological polar surface area (TPSA) is 144 Å². The van der Waals surface area contributed by atoms with Gasteiger partial charge in [-0.2, -0.15) is 17.9 Å². The molecular weight excluding hydrogens is 529 g/mol. The van der Waals surface area contributed by atoms with Crippen LogP contribution < -0.4 is 10.9 Å². The normalized spacial score (nSPS) is 14.7. The van der Waals surface area contributed by atoms with E-state index in [1.165, 1.54) is 23.1 Å². The van der Waals surface area contributed by atoms with E-state index in [-0.39, 0.29) is 11.1 Å². The minimum Gasteiger partial charge on any atom is -0.465 e. The summed E-state index contributed by atoms with van der Waals surface area (Å²) >= 11 is 0. The van der Waals surface area contributed by atoms with Gasteiger partial charge in [-0.3, -0.25) is 10.1 Å². The van der Waals surface area contributed by atoms with Crippen molar-refractivity contribution >= 4 is 11.8 Å². The number of halogens is 3. The van der Waals surface area contributed by atoms with Gasteiger partial charge >= 0.3 is 12.3 Å². The number of fused-ring (bicyclic) bond motifs is 1. The number of aryl methyl sites for hydroxylation is 1. The van der Waals surface area contributed by atoms with Crippen LogP contribution in [0.25, 0.3) is 28.1 Å². The molecule has 3 aromatic heterocycles. The van der Waals surface area contributed by atoms with E-state index in [1.807, 2.05) is 0 Å². The van der Waals surface area contributed by atoms with Gasteiger partial charge in [-0.25, -0.2) is 9.78 Å². The molecule has 4 heterocycles. The Labute approximate surface area is 222 Å². The highest BCUT2D eigenvalue weighted by Crippen LogP contribution is 2.37. The molecule has 3 N–H and O–H groups in total. The lowest BCUT2D eigenvalue weighted by atomic mass is 10.0. The molecule has 1 amide bonds. The lowest BCUT2D eigenvalue weighted by Gasteiger charge is -2.16. The summed E-state index contributed by atoms with van der Waals surface area (Å²) in [4.78, 5) is 31.9. The van der Waals surface area contributed by atoms with Crippen LogP contribution >= 0.6 is 0 Å². The molecule has 0 unspecified atom stereocenters. The Balaban J connectivity index is 1.35. The second-order valence-electron chi connectivity index (χ2n) is 9.17. The maximum atomic E-state index is 13.5. The average molecular weight is 548 g/mol. The molecule has 0 bridgehead atoms. The number of amides is 1. The largest absolute Gasteiger partial charge is 0.465 e. The van der Waals surface area contributed by atoms with Crippen LogP contribution in [-0.4, -0.2) is 45.9 Å². The van der Waals surface area contributed by atoms with E-state index in [4.69, 9.17) is 5.11 Å². The maximum Gasteiger partial charge on any atom is 0.416 e. The van der Waals surface area contributed by atoms with Crippen LogP contribution in [0.1, 0.15) is 29.5 Å². The molecule has 40 heavy (non-hydrogen) atoms. The summed E-state index contributed by atoms with van der Waals surface area (Å²) in [7, 11) is 0. The highest BCUT2D eigenvalue weighted by atomic mass is 19.4. The summed E-state index contributed by atoms with van der Waals surface area (Å²) < 4.78 is 43.5. The molecule has 1 atom stereocenters. The number of H-pyrrole nitrogens is 1. The number of pyridine rings is 1. The van der Waals surface area contributed by atoms with Crippen molar-refractivity contribution < 1.29 is 23.1 Å². The Hall–Kier alpha value is -5.27. The number of carbonyl (C=O) groups is 1. The van der Waals surface area contributed by atoms with E-state index in [0.717, 1.165) is 17.7 Å². The zero-order valence-corrected chi connectivity index (χ0v) is 20.4. The zero-order chi connectivity index (χ0) is 28.0. The van der Waals surface area contributed by atoms with Crippen LogP contribution in [0.2, 0.25) is 0 Å². The number of aromatic nitrogens is 7. The Morgan fingerprint density at radius 1 is 1.07 bits per heavy atom. The summed E-state index contributed by atoms with van der Waals surface area (Å²) in [5.41, 5.74) is 2.11. The van der Waals surface area contributed by atoms with Crippen LogP contribution in [0.4, 0.5) is 23.7 Å². The van der Waals surface area contributed by atoms with E-state index >= 15 is 0 Å². The lowest BCUT2D eigenvalue weighted by Crippen LogP contribution is -2.24. The van der Waals surface area contributed by atoms with Gasteiger partial charge in [0, 0.05) is 23.0 Å². The minimum absolute atomic E-state index is 0.173. The quantitative estimate of drug-likeness (QED) is 0.293. The first kappa shape index (κ1) is 25.0. The third-order valence-electron chi connectivity index (χ3n) is 6.72. The average Bonchev–Trinajstić information content (AvgIpc) is 3.69. The fourth-order valence-electron chi connectivity index (χ4n) is 4.93. The monoisotopic (exact) mass is 548 g/mol. The van der Waals surface area contributed by atoms with Crippen LogP contribution in [0.5, 0.6) is 0 Å². The second-order valence-corrected chi connectivity index (χ2v) is 9.17. The second kappa shape index (κ2) is 9.48. The van der Waals surface area contributed by atoms with Gasteiger partial charge in [0.15, 0.2) is 0 Å². The Morgan fingerprint density at radius 2 is 1.88 bits per heavy atom. The molecule has 1 aliphatic rings. The van der Waals surface area contributed by atoms with Crippen LogP contribution in [0.15, 0.2) is 71.9 Å². The van der Waals surface area contributed by atoms with Crippen molar-refractivity contribution in [1.29, 1.82) is 0 Å². The Bertz CT molecular complexity index is 1780. The lowest BCUT2D eigenvalue weighted by molar-refractivity contribution is -0.137. The molecule has 5 aromatic rings. The van der Waals surface area contributed by atoms with Crippen molar-refractivity contribution in [2.24, 2.45) is 0 Å². The van der Waals surface area contributed by atoms with Crippen LogP contribution in [0, 0.1) is 0 Å². The predicted molar refractivity (Wildman–Crippen MR) is 136 cm³/mol. The molecule has 1 aliphatic heterocycles. The number of hydrogen-bond acceptors (Lipinski definition) is 6. The SMILES string of the molecule is O=C(O)Nc1ccc(-c2cnc([C@@H]3CCc4cc(-c5cc(C(F)(F)F)ccc5-n5cnnn5)cc(=O)n43)[nH]2)cc1. The molecule has 11 nitrogen and oxygen atoms in total. The number of hydrogen-bond donors (Lipinski definition) is 3. The number of nitrogens with one attached hydrogen (secondary N) is 2. The summed E-state index contributed by atoms with van der Waals surface area (Å²) in [5, 5.41) is 22.1. The van der Waals surface area contributed by atoms with Gasteiger partial charge in [0.2, 0.25) is 0 Å². The summed E-state index contributed by atoms with van der Waals surface area (Å²) in [6, 6.07) is 12.6. The number of benzene rings is 2. The van der Waals surface area contributed by atoms with E-state index in [0.29, 0.717) is 47.0 Å². The molecule has 14 heteroatoms. The number of anilines is 1. The van der Waals surface area contributed by atoms with Crippen molar-refractivity contribution in [3.8, 4) is 28.1 Å². The molecular formula is C26H19F3N8O3. The van der Waals surface area contributed by atoms with Crippen molar-refractivity contribution in [3.05, 3.63) is 94.6 Å². The third-order valence-corrected chi connectivity index (χ3v) is 6.72. The van der Waals surface area contributed by atoms with Crippen LogP contribution in [-0.2, 0) is 12.6 Å². The molecule has 2 aromatic carbocycles. The standard InChI is InChI=1S/C26H19F3N8O3/c27-26(28,29)16-3-7-21(36-13-31-34-35-36)19(11-16)15-9-18-6-8-22(37(18)23(38)10-15)24-30-12-20(33-24)14-1-4-17(5-2-14)32-25(39)40/h1-5,7,9-13,22,32H,6,8H2,(H,30,33)(H,39,40)/t22-/m0/s1. The molecule has 0 saturated carbocycles. The highest BCUT2D eigenvalue weighted by Gasteiger charge is 2.32. The van der Waals surface area contributed by atoms with Gasteiger partial charge in [0.05, 0.1) is 29.2 Å². The van der Waals surface area contributed by atoms with E-state index in [9.17, 15) is 22.8 Å². The molecule has 0 aliphatic carbocycles. The fraction of sp³-hybridized carbons (Fsp3) is 0.154. The number of nitrogens with zero attached hydrogens (tertiary/aromatic N) is 6. The first-order chi connectivity index (χ1) is 19.2. The molecule has 0 spiro atoms. The van der Waals surface area contributed by atoms with Gasteiger partial charge in [0.25, 0.3) is 5.56 Å². The number of rotatable bonds is 5. The summed E-state index contributed by atoms with van der Waals surface area (Å²) in [5.74, 6) is 0.560. The number of imidazole rings is 1. The summed E-state index contributed by atoms with van der Waals surface area (Å²) in [6.07, 6.45) is -1.76. The molecule has 6 rings (SSSR count). The van der Waals surface area contributed by atoms with Gasteiger partial charge < -0.3 is 14.7 Å². The number of aromatic amines is 1. The molecule has 0 fully saturated rings. The van der Waals surface area contributed by atoms with Gasteiger partial charge in [0.1, 0.15) is 12.2 Å². The van der Waals surface area contributed by atoms with Gasteiger partial charge in [-0.1, -0.05) is 12.1 Å². The smallest absolute Gasteiger partial charge is 0.416 e. The van der Waals surface area contributed by atoms with E-state index in [1.54, 1.807) is 41.1 Å². The molecule has 0 radical (unpaired) electrons. The third kappa shape index (κ3) is 4.59. The first-order valence-electron chi connectivity index (χ1n) is 12.0. The predicted octanol–water partition coefficient (Wildman–Crippen LogP) is 4.53. The van der Waals surface area contributed by atoms with Crippen LogP contribution in [0.3, 0.4) is 0 Å². The number of alkyl halides is 3. The molecule has 202 valence electrons. The van der Waals surface area contributed by atoms with E-state index < -0.39 is 23.9 Å².